The standard InChI is InChI=1S/C19H27N3O3/c1-2-5-17(23)22-16-10-8-14(9-11-16)12-20-18(24)13-21-19(25)15-6-3-4-7-15/h8-11,15H,2-7,12-13H2,1H3,(H,20,24)(H,21,25)(H,22,23). The highest BCUT2D eigenvalue weighted by Gasteiger charge is 2.22. The molecule has 3 N–H and O–H groups in total. The predicted molar refractivity (Wildman–Crippen MR) is 96.8 cm³/mol. The van der Waals surface area contributed by atoms with Crippen LogP contribution < -0.4 is 16.0 Å². The lowest BCUT2D eigenvalue weighted by Gasteiger charge is -2.11. The molecule has 136 valence electrons. The number of hydrogen-bond acceptors (Lipinski definition) is 3. The van der Waals surface area contributed by atoms with Crippen molar-refractivity contribution in [3.63, 3.8) is 0 Å². The fourth-order valence-electron chi connectivity index (χ4n) is 2.92. The van der Waals surface area contributed by atoms with E-state index in [1.54, 1.807) is 0 Å². The van der Waals surface area contributed by atoms with Crippen LogP contribution in [0, 0.1) is 5.92 Å². The normalized spacial score (nSPS) is 14.1. The number of hydrogen-bond donors (Lipinski definition) is 3. The molecule has 0 aromatic heterocycles. The van der Waals surface area contributed by atoms with Gasteiger partial charge in [0.15, 0.2) is 0 Å². The van der Waals surface area contributed by atoms with Crippen molar-refractivity contribution >= 4 is 23.4 Å². The molecule has 0 spiro atoms. The summed E-state index contributed by atoms with van der Waals surface area (Å²) in [6, 6.07) is 7.35. The molecule has 0 aliphatic heterocycles. The van der Waals surface area contributed by atoms with Gasteiger partial charge in [0.2, 0.25) is 17.7 Å². The molecule has 0 heterocycles. The highest BCUT2D eigenvalue weighted by atomic mass is 16.2. The zero-order chi connectivity index (χ0) is 18.1. The van der Waals surface area contributed by atoms with Gasteiger partial charge in [-0.15, -0.1) is 0 Å². The monoisotopic (exact) mass is 345 g/mol. The number of anilines is 1. The van der Waals surface area contributed by atoms with Gasteiger partial charge in [-0.25, -0.2) is 0 Å². The summed E-state index contributed by atoms with van der Waals surface area (Å²) >= 11 is 0. The quantitative estimate of drug-likeness (QED) is 0.676. The van der Waals surface area contributed by atoms with Gasteiger partial charge in [-0.2, -0.15) is 0 Å². The van der Waals surface area contributed by atoms with Crippen LogP contribution in [0.2, 0.25) is 0 Å². The third kappa shape index (κ3) is 6.57. The van der Waals surface area contributed by atoms with Crippen molar-refractivity contribution in [2.24, 2.45) is 5.92 Å². The highest BCUT2D eigenvalue weighted by molar-refractivity contribution is 5.90. The van der Waals surface area contributed by atoms with Gasteiger partial charge < -0.3 is 16.0 Å². The van der Waals surface area contributed by atoms with E-state index < -0.39 is 0 Å². The highest BCUT2D eigenvalue weighted by Crippen LogP contribution is 2.24. The van der Waals surface area contributed by atoms with Crippen molar-refractivity contribution in [2.45, 2.75) is 52.0 Å². The fourth-order valence-corrected chi connectivity index (χ4v) is 2.92. The molecule has 1 aliphatic rings. The van der Waals surface area contributed by atoms with E-state index >= 15 is 0 Å². The Morgan fingerprint density at radius 1 is 1.00 bits per heavy atom. The van der Waals surface area contributed by atoms with E-state index in [1.165, 1.54) is 0 Å². The number of carbonyl (C=O) groups is 3. The number of amides is 3. The van der Waals surface area contributed by atoms with E-state index in [0.717, 1.165) is 43.4 Å². The summed E-state index contributed by atoms with van der Waals surface area (Å²) in [7, 11) is 0. The Balaban J connectivity index is 1.68. The molecule has 1 aromatic carbocycles. The first-order valence-electron chi connectivity index (χ1n) is 9.01. The number of rotatable bonds is 8. The number of carbonyl (C=O) groups excluding carboxylic acids is 3. The maximum absolute atomic E-state index is 11.9. The number of nitrogens with one attached hydrogen (secondary N) is 3. The molecular formula is C19H27N3O3. The van der Waals surface area contributed by atoms with Crippen molar-refractivity contribution in [3.05, 3.63) is 29.8 Å². The van der Waals surface area contributed by atoms with E-state index in [2.05, 4.69) is 16.0 Å². The van der Waals surface area contributed by atoms with Crippen molar-refractivity contribution in [3.8, 4) is 0 Å². The van der Waals surface area contributed by atoms with Gasteiger partial charge in [0.1, 0.15) is 0 Å². The van der Waals surface area contributed by atoms with Gasteiger partial charge in [-0.1, -0.05) is 31.9 Å². The van der Waals surface area contributed by atoms with Gasteiger partial charge in [-0.05, 0) is 37.0 Å². The molecule has 0 saturated heterocycles. The van der Waals surface area contributed by atoms with Gasteiger partial charge in [0.05, 0.1) is 6.54 Å². The zero-order valence-corrected chi connectivity index (χ0v) is 14.8. The summed E-state index contributed by atoms with van der Waals surface area (Å²) in [4.78, 5) is 35.2. The second-order valence-corrected chi connectivity index (χ2v) is 6.47. The molecular weight excluding hydrogens is 318 g/mol. The van der Waals surface area contributed by atoms with Gasteiger partial charge in [0, 0.05) is 24.6 Å². The summed E-state index contributed by atoms with van der Waals surface area (Å²) in [6.07, 6.45) is 5.36. The van der Waals surface area contributed by atoms with Crippen LogP contribution >= 0.6 is 0 Å². The van der Waals surface area contributed by atoms with Crippen molar-refractivity contribution in [1.82, 2.24) is 10.6 Å². The van der Waals surface area contributed by atoms with Crippen LogP contribution in [0.4, 0.5) is 5.69 Å². The molecule has 0 unspecified atom stereocenters. The topological polar surface area (TPSA) is 87.3 Å². The molecule has 6 nitrogen and oxygen atoms in total. The minimum Gasteiger partial charge on any atom is -0.350 e. The summed E-state index contributed by atoms with van der Waals surface area (Å²) in [5.41, 5.74) is 1.68. The summed E-state index contributed by atoms with van der Waals surface area (Å²) in [5, 5.41) is 8.31. The SMILES string of the molecule is CCCC(=O)Nc1ccc(CNC(=O)CNC(=O)C2CCCC2)cc1. The van der Waals surface area contributed by atoms with Crippen LogP contribution in [0.25, 0.3) is 0 Å². The lowest BCUT2D eigenvalue weighted by atomic mass is 10.1. The average Bonchev–Trinajstić information content (AvgIpc) is 3.14. The van der Waals surface area contributed by atoms with E-state index in [-0.39, 0.29) is 30.2 Å². The first-order chi connectivity index (χ1) is 12.1. The van der Waals surface area contributed by atoms with Gasteiger partial charge in [0.25, 0.3) is 0 Å². The molecule has 2 rings (SSSR count). The van der Waals surface area contributed by atoms with Crippen molar-refractivity contribution < 1.29 is 14.4 Å². The Labute approximate surface area is 148 Å². The van der Waals surface area contributed by atoms with E-state index in [4.69, 9.17) is 0 Å². The first kappa shape index (κ1) is 19.0. The Morgan fingerprint density at radius 2 is 1.68 bits per heavy atom. The van der Waals surface area contributed by atoms with Crippen LogP contribution in [-0.4, -0.2) is 24.3 Å². The van der Waals surface area contributed by atoms with E-state index in [0.29, 0.717) is 13.0 Å². The van der Waals surface area contributed by atoms with E-state index in [1.807, 2.05) is 31.2 Å². The Morgan fingerprint density at radius 3 is 2.32 bits per heavy atom. The summed E-state index contributed by atoms with van der Waals surface area (Å²) < 4.78 is 0. The molecule has 1 fully saturated rings. The average molecular weight is 345 g/mol. The molecule has 0 radical (unpaired) electrons. The first-order valence-corrected chi connectivity index (χ1v) is 9.01. The lowest BCUT2D eigenvalue weighted by Crippen LogP contribution is -2.38. The smallest absolute Gasteiger partial charge is 0.239 e. The van der Waals surface area contributed by atoms with Crippen molar-refractivity contribution in [2.75, 3.05) is 11.9 Å². The Bertz CT molecular complexity index is 592. The van der Waals surface area contributed by atoms with E-state index in [9.17, 15) is 14.4 Å². The fraction of sp³-hybridized carbons (Fsp3) is 0.526. The van der Waals surface area contributed by atoms with Gasteiger partial charge >= 0.3 is 0 Å². The molecule has 0 atom stereocenters. The zero-order valence-electron chi connectivity index (χ0n) is 14.8. The summed E-state index contributed by atoms with van der Waals surface area (Å²) in [5.74, 6) is -0.142. The largest absolute Gasteiger partial charge is 0.350 e. The van der Waals surface area contributed by atoms with Crippen LogP contribution in [-0.2, 0) is 20.9 Å². The lowest BCUT2D eigenvalue weighted by molar-refractivity contribution is -0.128. The molecule has 0 bridgehead atoms. The molecule has 1 aliphatic carbocycles. The number of benzene rings is 1. The second-order valence-electron chi connectivity index (χ2n) is 6.47. The molecule has 25 heavy (non-hydrogen) atoms. The predicted octanol–water partition coefficient (Wildman–Crippen LogP) is 2.35. The van der Waals surface area contributed by atoms with Crippen LogP contribution in [0.1, 0.15) is 51.0 Å². The van der Waals surface area contributed by atoms with Gasteiger partial charge in [-0.3, -0.25) is 14.4 Å². The minimum absolute atomic E-state index is 0.00144. The second kappa shape index (κ2) is 9.81. The maximum Gasteiger partial charge on any atom is 0.239 e. The molecule has 1 saturated carbocycles. The maximum atomic E-state index is 11.9. The molecule has 6 heteroatoms. The molecule has 3 amide bonds. The third-order valence-corrected chi connectivity index (χ3v) is 4.35. The minimum atomic E-state index is -0.202. The summed E-state index contributed by atoms with van der Waals surface area (Å²) in [6.45, 7) is 2.36. The van der Waals surface area contributed by atoms with Crippen LogP contribution in [0.5, 0.6) is 0 Å². The van der Waals surface area contributed by atoms with Crippen LogP contribution in [0.3, 0.4) is 0 Å². The van der Waals surface area contributed by atoms with Crippen molar-refractivity contribution in [1.29, 1.82) is 0 Å². The Hall–Kier alpha value is -2.37. The van der Waals surface area contributed by atoms with Crippen LogP contribution in [0.15, 0.2) is 24.3 Å². The third-order valence-electron chi connectivity index (χ3n) is 4.35. The molecule has 1 aromatic rings. The Kier molecular flexibility index (Phi) is 7.44.